The van der Waals surface area contributed by atoms with Crippen molar-refractivity contribution in [1.29, 1.82) is 0 Å². The number of rotatable bonds is 8. The van der Waals surface area contributed by atoms with Gasteiger partial charge in [0.2, 0.25) is 0 Å². The second-order valence-corrected chi connectivity index (χ2v) is 16.2. The SMILES string of the molecule is c1ccc(-c2ccc(N(c3ccc(-c4ccccc4)cc3)c3ccc(-c4ccc5c(c4)c4ccccc4n5-c4cccc(-c5ccc6c(c5)oc5ccccc56)c4)cc3)cc2)cc1. The number of hydrogen-bond acceptors (Lipinski definition) is 2. The molecule has 0 radical (unpaired) electrons. The molecule has 0 unspecified atom stereocenters. The van der Waals surface area contributed by atoms with Crippen LogP contribution >= 0.6 is 0 Å². The van der Waals surface area contributed by atoms with E-state index in [0.29, 0.717) is 0 Å². The van der Waals surface area contributed by atoms with Gasteiger partial charge in [-0.3, -0.25) is 0 Å². The Labute approximate surface area is 366 Å². The molecule has 63 heavy (non-hydrogen) atoms. The number of nitrogens with zero attached hydrogens (tertiary/aromatic N) is 2. The first-order valence-electron chi connectivity index (χ1n) is 21.5. The van der Waals surface area contributed by atoms with Gasteiger partial charge in [-0.15, -0.1) is 0 Å². The van der Waals surface area contributed by atoms with E-state index in [0.717, 1.165) is 55.8 Å². The zero-order chi connectivity index (χ0) is 41.7. The summed E-state index contributed by atoms with van der Waals surface area (Å²) in [5.74, 6) is 0. The largest absolute Gasteiger partial charge is 0.456 e. The van der Waals surface area contributed by atoms with Crippen LogP contribution in [0.3, 0.4) is 0 Å². The van der Waals surface area contributed by atoms with Gasteiger partial charge in [0.05, 0.1) is 11.0 Å². The van der Waals surface area contributed by atoms with Gasteiger partial charge in [0.25, 0.3) is 0 Å². The summed E-state index contributed by atoms with van der Waals surface area (Å²) in [6.07, 6.45) is 0. The Morgan fingerprint density at radius 3 is 1.37 bits per heavy atom. The van der Waals surface area contributed by atoms with Crippen molar-refractivity contribution in [2.24, 2.45) is 0 Å². The van der Waals surface area contributed by atoms with Crippen LogP contribution in [0.2, 0.25) is 0 Å². The molecule has 0 aliphatic carbocycles. The molecule has 12 aromatic rings. The molecular weight excluding hydrogens is 765 g/mol. The normalized spacial score (nSPS) is 11.5. The van der Waals surface area contributed by atoms with Crippen LogP contribution in [0.5, 0.6) is 0 Å². The Morgan fingerprint density at radius 1 is 0.270 bits per heavy atom. The maximum atomic E-state index is 6.27. The predicted molar refractivity (Wildman–Crippen MR) is 264 cm³/mol. The van der Waals surface area contributed by atoms with Crippen molar-refractivity contribution in [1.82, 2.24) is 4.57 Å². The highest BCUT2D eigenvalue weighted by Gasteiger charge is 2.17. The van der Waals surface area contributed by atoms with Crippen molar-refractivity contribution in [3.8, 4) is 50.2 Å². The van der Waals surface area contributed by atoms with E-state index in [4.69, 9.17) is 4.42 Å². The monoisotopic (exact) mass is 804 g/mol. The molecular formula is C60H40N2O. The van der Waals surface area contributed by atoms with Gasteiger partial charge in [-0.25, -0.2) is 0 Å². The zero-order valence-corrected chi connectivity index (χ0v) is 34.4. The first kappa shape index (κ1) is 36.5. The molecule has 2 heterocycles. The molecule has 3 heteroatoms. The van der Waals surface area contributed by atoms with Gasteiger partial charge in [0.15, 0.2) is 0 Å². The van der Waals surface area contributed by atoms with Crippen molar-refractivity contribution in [3.05, 3.63) is 243 Å². The molecule has 0 N–H and O–H groups in total. The number of aromatic nitrogens is 1. The fourth-order valence-corrected chi connectivity index (χ4v) is 9.28. The van der Waals surface area contributed by atoms with Crippen LogP contribution in [0, 0.1) is 0 Å². The zero-order valence-electron chi connectivity index (χ0n) is 34.4. The van der Waals surface area contributed by atoms with E-state index in [1.807, 2.05) is 12.1 Å². The molecule has 0 saturated heterocycles. The third-order valence-electron chi connectivity index (χ3n) is 12.4. The molecule has 0 aliphatic heterocycles. The van der Waals surface area contributed by atoms with Gasteiger partial charge in [-0.1, -0.05) is 158 Å². The van der Waals surface area contributed by atoms with Gasteiger partial charge in [0.1, 0.15) is 11.2 Å². The van der Waals surface area contributed by atoms with Crippen LogP contribution in [0.25, 0.3) is 93.9 Å². The minimum Gasteiger partial charge on any atom is -0.456 e. The van der Waals surface area contributed by atoms with Gasteiger partial charge < -0.3 is 13.9 Å². The predicted octanol–water partition coefficient (Wildman–Crippen LogP) is 16.8. The van der Waals surface area contributed by atoms with E-state index < -0.39 is 0 Å². The van der Waals surface area contributed by atoms with Gasteiger partial charge in [-0.2, -0.15) is 0 Å². The summed E-state index contributed by atoms with van der Waals surface area (Å²) in [4.78, 5) is 2.34. The van der Waals surface area contributed by atoms with Crippen LogP contribution < -0.4 is 4.90 Å². The second-order valence-electron chi connectivity index (χ2n) is 16.2. The lowest BCUT2D eigenvalue weighted by molar-refractivity contribution is 0.669. The van der Waals surface area contributed by atoms with Crippen LogP contribution in [0.15, 0.2) is 247 Å². The summed E-state index contributed by atoms with van der Waals surface area (Å²) in [6, 6.07) is 87.1. The van der Waals surface area contributed by atoms with Crippen molar-refractivity contribution >= 4 is 60.8 Å². The summed E-state index contributed by atoms with van der Waals surface area (Å²) in [6.45, 7) is 0. The van der Waals surface area contributed by atoms with Crippen LogP contribution in [-0.2, 0) is 0 Å². The summed E-state index contributed by atoms with van der Waals surface area (Å²) < 4.78 is 8.66. The lowest BCUT2D eigenvalue weighted by Crippen LogP contribution is -2.09. The molecule has 0 spiro atoms. The smallest absolute Gasteiger partial charge is 0.136 e. The van der Waals surface area contributed by atoms with Crippen LogP contribution in [-0.4, -0.2) is 4.57 Å². The molecule has 0 bridgehead atoms. The van der Waals surface area contributed by atoms with Gasteiger partial charge in [-0.05, 0) is 129 Å². The Morgan fingerprint density at radius 2 is 0.714 bits per heavy atom. The second kappa shape index (κ2) is 15.3. The molecule has 0 saturated carbocycles. The van der Waals surface area contributed by atoms with E-state index in [9.17, 15) is 0 Å². The summed E-state index contributed by atoms with van der Waals surface area (Å²) in [5.41, 5.74) is 18.0. The number of para-hydroxylation sites is 2. The minimum absolute atomic E-state index is 0.902. The van der Waals surface area contributed by atoms with E-state index in [1.54, 1.807) is 0 Å². The average Bonchev–Trinajstić information content (AvgIpc) is 3.90. The average molecular weight is 805 g/mol. The molecule has 0 aliphatic rings. The number of benzene rings is 10. The lowest BCUT2D eigenvalue weighted by Gasteiger charge is -2.26. The quantitative estimate of drug-likeness (QED) is 0.153. The first-order chi connectivity index (χ1) is 31.2. The maximum Gasteiger partial charge on any atom is 0.136 e. The Balaban J connectivity index is 0.900. The van der Waals surface area contributed by atoms with Crippen molar-refractivity contribution < 1.29 is 4.42 Å². The third-order valence-corrected chi connectivity index (χ3v) is 12.4. The molecule has 0 atom stereocenters. The molecule has 12 rings (SSSR count). The maximum absolute atomic E-state index is 6.27. The molecule has 3 nitrogen and oxygen atoms in total. The molecule has 0 fully saturated rings. The highest BCUT2D eigenvalue weighted by molar-refractivity contribution is 6.11. The summed E-state index contributed by atoms with van der Waals surface area (Å²) in [5, 5.41) is 4.73. The van der Waals surface area contributed by atoms with Gasteiger partial charge >= 0.3 is 0 Å². The molecule has 2 aromatic heterocycles. The fourth-order valence-electron chi connectivity index (χ4n) is 9.28. The van der Waals surface area contributed by atoms with Crippen molar-refractivity contribution in [2.45, 2.75) is 0 Å². The highest BCUT2D eigenvalue weighted by atomic mass is 16.3. The first-order valence-corrected chi connectivity index (χ1v) is 21.5. The number of furan rings is 1. The topological polar surface area (TPSA) is 21.3 Å². The standard InChI is InChI=1S/C60H40N2O/c1-3-12-41(13-4-1)43-22-30-49(31-23-43)61(50-32-24-44(25-33-50)42-14-5-2-6-15-42)51-34-26-45(27-35-51)47-29-37-58-56(39-47)53-18-7-9-20-57(53)62(58)52-17-11-16-46(38-52)48-28-36-55-54-19-8-10-21-59(54)63-60(55)40-48/h1-40H. The number of hydrogen-bond donors (Lipinski definition) is 0. The molecule has 10 aromatic carbocycles. The van der Waals surface area contributed by atoms with Crippen LogP contribution in [0.4, 0.5) is 17.1 Å². The van der Waals surface area contributed by atoms with E-state index in [-0.39, 0.29) is 0 Å². The van der Waals surface area contributed by atoms with E-state index in [2.05, 4.69) is 240 Å². The van der Waals surface area contributed by atoms with E-state index >= 15 is 0 Å². The Bertz CT molecular complexity index is 3500. The summed E-state index contributed by atoms with van der Waals surface area (Å²) >= 11 is 0. The lowest BCUT2D eigenvalue weighted by atomic mass is 10.0. The van der Waals surface area contributed by atoms with E-state index in [1.165, 1.54) is 55.2 Å². The highest BCUT2D eigenvalue weighted by Crippen LogP contribution is 2.40. The minimum atomic E-state index is 0.902. The van der Waals surface area contributed by atoms with Gasteiger partial charge in [0, 0.05) is 44.3 Å². The summed E-state index contributed by atoms with van der Waals surface area (Å²) in [7, 11) is 0. The Kier molecular flexibility index (Phi) is 8.83. The van der Waals surface area contributed by atoms with Crippen molar-refractivity contribution in [2.75, 3.05) is 4.90 Å². The third kappa shape index (κ3) is 6.55. The molecule has 0 amide bonds. The van der Waals surface area contributed by atoms with Crippen molar-refractivity contribution in [3.63, 3.8) is 0 Å². The fraction of sp³-hybridized carbons (Fsp3) is 0. The Hall–Kier alpha value is -8.40. The molecule has 296 valence electrons. The number of fused-ring (bicyclic) bond motifs is 6. The number of anilines is 3. The van der Waals surface area contributed by atoms with Crippen LogP contribution in [0.1, 0.15) is 0 Å².